The summed E-state index contributed by atoms with van der Waals surface area (Å²) in [5, 5.41) is 11.4. The average Bonchev–Trinajstić information content (AvgIpc) is 3.44. The fourth-order valence-electron chi connectivity index (χ4n) is 5.87. The Morgan fingerprint density at radius 2 is 2.06 bits per heavy atom. The third-order valence-corrected chi connectivity index (χ3v) is 8.03. The highest BCUT2D eigenvalue weighted by Gasteiger charge is 2.56. The van der Waals surface area contributed by atoms with Gasteiger partial charge >= 0.3 is 0 Å². The zero-order chi connectivity index (χ0) is 23.0. The van der Waals surface area contributed by atoms with E-state index in [1.54, 1.807) is 6.20 Å². The number of pyridine rings is 1. The van der Waals surface area contributed by atoms with Gasteiger partial charge in [0.15, 0.2) is 0 Å². The molecule has 1 aromatic carbocycles. The van der Waals surface area contributed by atoms with Crippen molar-refractivity contribution in [3.8, 4) is 11.3 Å². The molecule has 2 aromatic heterocycles. The van der Waals surface area contributed by atoms with Gasteiger partial charge in [-0.3, -0.25) is 9.78 Å². The number of amides is 1. The topological polar surface area (TPSA) is 71.2 Å². The standard InChI is InChI=1S/C27H32N4O2/c1-3-27(12-14-30(2)24(32)11-10-19-7-6-13-28-16-19)15-22(26(27)33)25-21-9-5-4-8-20(21)23-17-29-18-31(23)25/h4-9,13,16-18,22,25-26,33H,3,10-12,14-15H2,1-2H3. The summed E-state index contributed by atoms with van der Waals surface area (Å²) in [6, 6.07) is 12.5. The van der Waals surface area contributed by atoms with Gasteiger partial charge in [0.1, 0.15) is 0 Å². The molecule has 1 aliphatic carbocycles. The largest absolute Gasteiger partial charge is 0.392 e. The molecule has 2 aliphatic rings. The highest BCUT2D eigenvalue weighted by Crippen LogP contribution is 2.58. The number of imidazole rings is 1. The fourth-order valence-corrected chi connectivity index (χ4v) is 5.87. The van der Waals surface area contributed by atoms with Crippen LogP contribution in [0, 0.1) is 11.3 Å². The van der Waals surface area contributed by atoms with Crippen molar-refractivity contribution in [1.82, 2.24) is 19.4 Å². The van der Waals surface area contributed by atoms with Gasteiger partial charge in [-0.05, 0) is 48.3 Å². The number of aryl methyl sites for hydroxylation is 1. The molecule has 4 unspecified atom stereocenters. The Balaban J connectivity index is 1.22. The van der Waals surface area contributed by atoms with Crippen LogP contribution in [0.4, 0.5) is 0 Å². The quantitative estimate of drug-likeness (QED) is 0.568. The van der Waals surface area contributed by atoms with Crippen LogP contribution in [0.5, 0.6) is 0 Å². The van der Waals surface area contributed by atoms with E-state index in [0.29, 0.717) is 19.4 Å². The van der Waals surface area contributed by atoms with E-state index in [2.05, 4.69) is 45.7 Å². The molecule has 33 heavy (non-hydrogen) atoms. The minimum absolute atomic E-state index is 0.132. The summed E-state index contributed by atoms with van der Waals surface area (Å²) in [6.07, 6.45) is 10.9. The third kappa shape index (κ3) is 3.76. The van der Waals surface area contributed by atoms with E-state index < -0.39 is 6.10 Å². The molecule has 0 spiro atoms. The van der Waals surface area contributed by atoms with Gasteiger partial charge in [-0.15, -0.1) is 0 Å². The van der Waals surface area contributed by atoms with E-state index in [4.69, 9.17) is 0 Å². The first-order valence-corrected chi connectivity index (χ1v) is 12.0. The van der Waals surface area contributed by atoms with Gasteiger partial charge in [0.2, 0.25) is 5.91 Å². The van der Waals surface area contributed by atoms with Crippen molar-refractivity contribution in [2.24, 2.45) is 11.3 Å². The fraction of sp³-hybridized carbons (Fsp3) is 0.444. The van der Waals surface area contributed by atoms with Crippen LogP contribution in [0.3, 0.4) is 0 Å². The average molecular weight is 445 g/mol. The Morgan fingerprint density at radius 1 is 1.21 bits per heavy atom. The summed E-state index contributed by atoms with van der Waals surface area (Å²) in [5.74, 6) is 0.302. The SMILES string of the molecule is CCC1(CCN(C)C(=O)CCc2cccnc2)CC(C2c3ccccc3-c3cncn32)C1O. The van der Waals surface area contributed by atoms with E-state index in [1.807, 2.05) is 42.8 Å². The van der Waals surface area contributed by atoms with Crippen molar-refractivity contribution < 1.29 is 9.90 Å². The lowest BCUT2D eigenvalue weighted by atomic mass is 9.54. The second-order valence-electron chi connectivity index (χ2n) is 9.67. The molecule has 6 nitrogen and oxygen atoms in total. The Labute approximate surface area is 195 Å². The van der Waals surface area contributed by atoms with Gasteiger partial charge in [-0.25, -0.2) is 4.98 Å². The lowest BCUT2D eigenvalue weighted by Gasteiger charge is -2.55. The summed E-state index contributed by atoms with van der Waals surface area (Å²) in [4.78, 5) is 23.0. The Kier molecular flexibility index (Phi) is 5.79. The van der Waals surface area contributed by atoms with Gasteiger partial charge in [0.25, 0.3) is 0 Å². The molecular formula is C27H32N4O2. The van der Waals surface area contributed by atoms with Gasteiger partial charge < -0.3 is 14.6 Å². The summed E-state index contributed by atoms with van der Waals surface area (Å²) in [6.45, 7) is 2.83. The van der Waals surface area contributed by atoms with Gasteiger partial charge in [-0.2, -0.15) is 0 Å². The first-order valence-electron chi connectivity index (χ1n) is 12.0. The molecule has 1 amide bonds. The monoisotopic (exact) mass is 444 g/mol. The summed E-state index contributed by atoms with van der Waals surface area (Å²) in [7, 11) is 1.88. The molecule has 3 aromatic rings. The molecule has 4 atom stereocenters. The molecule has 1 N–H and O–H groups in total. The smallest absolute Gasteiger partial charge is 0.222 e. The number of rotatable bonds is 8. The number of carbonyl (C=O) groups excluding carboxylic acids is 1. The summed E-state index contributed by atoms with van der Waals surface area (Å²) in [5.41, 5.74) is 4.58. The highest BCUT2D eigenvalue weighted by molar-refractivity contribution is 5.76. The van der Waals surface area contributed by atoms with Gasteiger partial charge in [0.05, 0.1) is 30.4 Å². The van der Waals surface area contributed by atoms with Gasteiger partial charge in [-0.1, -0.05) is 37.3 Å². The van der Waals surface area contributed by atoms with E-state index in [-0.39, 0.29) is 23.3 Å². The zero-order valence-corrected chi connectivity index (χ0v) is 19.4. The number of aromatic nitrogens is 3. The second-order valence-corrected chi connectivity index (χ2v) is 9.67. The molecular weight excluding hydrogens is 412 g/mol. The predicted molar refractivity (Wildman–Crippen MR) is 127 cm³/mol. The molecule has 5 rings (SSSR count). The van der Waals surface area contributed by atoms with Crippen molar-refractivity contribution in [3.63, 3.8) is 0 Å². The highest BCUT2D eigenvalue weighted by atomic mass is 16.3. The molecule has 1 fully saturated rings. The van der Waals surface area contributed by atoms with E-state index >= 15 is 0 Å². The number of aliphatic hydroxyl groups excluding tert-OH is 1. The van der Waals surface area contributed by atoms with E-state index in [9.17, 15) is 9.90 Å². The van der Waals surface area contributed by atoms with Crippen LogP contribution >= 0.6 is 0 Å². The summed E-state index contributed by atoms with van der Waals surface area (Å²) < 4.78 is 2.23. The number of hydrogen-bond acceptors (Lipinski definition) is 4. The van der Waals surface area contributed by atoms with Crippen molar-refractivity contribution in [1.29, 1.82) is 0 Å². The van der Waals surface area contributed by atoms with Crippen molar-refractivity contribution >= 4 is 5.91 Å². The van der Waals surface area contributed by atoms with Gasteiger partial charge in [0, 0.05) is 43.9 Å². The molecule has 0 radical (unpaired) electrons. The molecule has 3 heterocycles. The second kappa shape index (κ2) is 8.75. The van der Waals surface area contributed by atoms with Crippen LogP contribution < -0.4 is 0 Å². The third-order valence-electron chi connectivity index (χ3n) is 8.03. The number of benzene rings is 1. The van der Waals surface area contributed by atoms with Crippen molar-refractivity contribution in [2.45, 2.75) is 51.2 Å². The van der Waals surface area contributed by atoms with Crippen LogP contribution in [0.25, 0.3) is 11.3 Å². The normalized spacial score (nSPS) is 25.2. The maximum atomic E-state index is 12.7. The van der Waals surface area contributed by atoms with E-state index in [0.717, 1.165) is 30.5 Å². The minimum atomic E-state index is -0.396. The van der Waals surface area contributed by atoms with E-state index in [1.165, 1.54) is 11.1 Å². The van der Waals surface area contributed by atoms with Crippen molar-refractivity contribution in [2.75, 3.05) is 13.6 Å². The Morgan fingerprint density at radius 3 is 2.82 bits per heavy atom. The first kappa shape index (κ1) is 21.8. The number of hydrogen-bond donors (Lipinski definition) is 1. The molecule has 172 valence electrons. The molecule has 0 saturated heterocycles. The molecule has 0 bridgehead atoms. The molecule has 1 saturated carbocycles. The maximum Gasteiger partial charge on any atom is 0.222 e. The maximum absolute atomic E-state index is 12.7. The zero-order valence-electron chi connectivity index (χ0n) is 19.4. The minimum Gasteiger partial charge on any atom is -0.392 e. The number of fused-ring (bicyclic) bond motifs is 3. The van der Waals surface area contributed by atoms with Crippen LogP contribution in [0.2, 0.25) is 0 Å². The number of nitrogens with zero attached hydrogens (tertiary/aromatic N) is 4. The Bertz CT molecular complexity index is 1130. The van der Waals surface area contributed by atoms with Crippen LogP contribution in [0.1, 0.15) is 49.8 Å². The lowest BCUT2D eigenvalue weighted by molar-refractivity contribution is -0.146. The lowest BCUT2D eigenvalue weighted by Crippen LogP contribution is -2.56. The Hall–Kier alpha value is -2.99. The number of carbonyl (C=O) groups is 1. The summed E-state index contributed by atoms with van der Waals surface area (Å²) >= 11 is 0. The van der Waals surface area contributed by atoms with Crippen LogP contribution in [0.15, 0.2) is 61.3 Å². The first-order chi connectivity index (χ1) is 16.0. The molecule has 6 heteroatoms. The molecule has 1 aliphatic heterocycles. The predicted octanol–water partition coefficient (Wildman–Crippen LogP) is 4.11. The van der Waals surface area contributed by atoms with Crippen LogP contribution in [-0.2, 0) is 11.2 Å². The number of aliphatic hydroxyl groups is 1. The van der Waals surface area contributed by atoms with Crippen LogP contribution in [-0.4, -0.2) is 50.1 Å². The van der Waals surface area contributed by atoms with Crippen molar-refractivity contribution in [3.05, 3.63) is 72.4 Å².